The monoisotopic (exact) mass is 508 g/mol. The van der Waals surface area contributed by atoms with Crippen LogP contribution in [-0.4, -0.2) is 35.9 Å². The van der Waals surface area contributed by atoms with Gasteiger partial charge in [-0.25, -0.2) is 0 Å². The summed E-state index contributed by atoms with van der Waals surface area (Å²) in [4.78, 5) is 25.8. The molecule has 192 valence electrons. The normalized spacial score (nSPS) is 12.5. The van der Waals surface area contributed by atoms with Crippen molar-refractivity contribution in [3.63, 3.8) is 0 Å². The van der Waals surface area contributed by atoms with Gasteiger partial charge >= 0.3 is 0 Å². The van der Waals surface area contributed by atoms with Crippen molar-refractivity contribution in [3.05, 3.63) is 65.4 Å². The number of nitrogens with zero attached hydrogens (tertiary/aromatic N) is 1. The van der Waals surface area contributed by atoms with Crippen LogP contribution in [0, 0.1) is 12.8 Å². The molecule has 0 fully saturated rings. The van der Waals surface area contributed by atoms with Crippen molar-refractivity contribution < 1.29 is 14.3 Å². The van der Waals surface area contributed by atoms with Gasteiger partial charge in [-0.1, -0.05) is 39.3 Å². The Morgan fingerprint density at radius 3 is 2.56 bits per heavy atom. The van der Waals surface area contributed by atoms with Gasteiger partial charge in [0, 0.05) is 19.2 Å². The van der Waals surface area contributed by atoms with Crippen molar-refractivity contribution >= 4 is 28.3 Å². The van der Waals surface area contributed by atoms with Gasteiger partial charge in [0.1, 0.15) is 16.8 Å². The fraction of sp³-hybridized carbons (Fsp3) is 0.393. The van der Waals surface area contributed by atoms with Crippen molar-refractivity contribution in [3.8, 4) is 16.9 Å². The molecule has 0 unspecified atom stereocenters. The number of amides is 2. The zero-order chi connectivity index (χ0) is 26.1. The minimum absolute atomic E-state index is 0.000170. The molecule has 0 spiro atoms. The molecule has 0 aliphatic heterocycles. The van der Waals surface area contributed by atoms with E-state index in [1.807, 2.05) is 63.2 Å². The number of nitrogens with one attached hydrogen (secondary N) is 3. The number of carbonyl (C=O) groups is 2. The number of benzene rings is 2. The van der Waals surface area contributed by atoms with Crippen LogP contribution in [0.3, 0.4) is 0 Å². The highest BCUT2D eigenvalue weighted by Crippen LogP contribution is 2.27. The van der Waals surface area contributed by atoms with Gasteiger partial charge in [-0.15, -0.1) is 0 Å². The molecule has 3 N–H and O–H groups in total. The summed E-state index contributed by atoms with van der Waals surface area (Å²) in [6.07, 6.45) is 1.70. The number of ether oxygens (including phenoxy) is 1. The molecule has 1 heterocycles. The summed E-state index contributed by atoms with van der Waals surface area (Å²) < 4.78 is 10.1. The second kappa shape index (κ2) is 13.1. The van der Waals surface area contributed by atoms with E-state index < -0.39 is 6.04 Å². The van der Waals surface area contributed by atoms with Gasteiger partial charge in [0.05, 0.1) is 12.3 Å². The predicted molar refractivity (Wildman–Crippen MR) is 147 cm³/mol. The fourth-order valence-corrected chi connectivity index (χ4v) is 4.45. The van der Waals surface area contributed by atoms with Crippen molar-refractivity contribution in [2.45, 2.75) is 53.1 Å². The van der Waals surface area contributed by atoms with Crippen LogP contribution >= 0.6 is 11.5 Å². The van der Waals surface area contributed by atoms with Crippen LogP contribution in [0.2, 0.25) is 0 Å². The topological polar surface area (TPSA) is 92.3 Å². The highest BCUT2D eigenvalue weighted by Gasteiger charge is 2.25. The smallest absolute Gasteiger partial charge is 0.251 e. The van der Waals surface area contributed by atoms with Gasteiger partial charge in [0.2, 0.25) is 5.91 Å². The number of anilines is 1. The van der Waals surface area contributed by atoms with Crippen molar-refractivity contribution in [1.82, 2.24) is 15.0 Å². The third kappa shape index (κ3) is 7.31. The van der Waals surface area contributed by atoms with Crippen LogP contribution in [0.15, 0.2) is 48.5 Å². The largest absolute Gasteiger partial charge is 0.494 e. The summed E-state index contributed by atoms with van der Waals surface area (Å²) in [7, 11) is 1.59. The number of aromatic nitrogens is 1. The Kier molecular flexibility index (Phi) is 9.87. The van der Waals surface area contributed by atoms with Crippen LogP contribution in [-0.2, 0) is 11.3 Å². The second-order valence-electron chi connectivity index (χ2n) is 8.93. The maximum Gasteiger partial charge on any atom is 0.251 e. The second-order valence-corrected chi connectivity index (χ2v) is 9.74. The molecule has 0 aliphatic carbocycles. The first-order chi connectivity index (χ1) is 17.3. The molecule has 0 aliphatic rings. The fourth-order valence-electron chi connectivity index (χ4n) is 3.80. The summed E-state index contributed by atoms with van der Waals surface area (Å²) in [6, 6.07) is 15.1. The number of rotatable bonds is 12. The maximum atomic E-state index is 13.4. The molecule has 0 bridgehead atoms. The first-order valence-electron chi connectivity index (χ1n) is 12.4. The van der Waals surface area contributed by atoms with Gasteiger partial charge in [0.25, 0.3) is 5.91 Å². The Hall–Kier alpha value is -3.39. The Labute approximate surface area is 217 Å². The predicted octanol–water partition coefficient (Wildman–Crippen LogP) is 5.41. The summed E-state index contributed by atoms with van der Waals surface area (Å²) in [5.41, 5.74) is 4.27. The average Bonchev–Trinajstić information content (AvgIpc) is 3.33. The molecule has 7 nitrogen and oxygen atoms in total. The summed E-state index contributed by atoms with van der Waals surface area (Å²) in [6.45, 7) is 9.17. The van der Waals surface area contributed by atoms with E-state index in [-0.39, 0.29) is 17.7 Å². The lowest BCUT2D eigenvalue weighted by Gasteiger charge is -2.23. The van der Waals surface area contributed by atoms with Gasteiger partial charge in [-0.3, -0.25) is 9.59 Å². The molecule has 0 saturated heterocycles. The SMILES string of the molecule is CCCOc1cccc(-c2cc(CNc3cc(C)ns3)cc(C(=O)N[C@H](C(=O)NC)[C@@H](C)CC)c2)c1. The van der Waals surface area contributed by atoms with Crippen LogP contribution < -0.4 is 20.7 Å². The van der Waals surface area contributed by atoms with E-state index in [0.717, 1.165) is 46.0 Å². The lowest BCUT2D eigenvalue weighted by atomic mass is 9.96. The van der Waals surface area contributed by atoms with E-state index in [1.54, 1.807) is 7.05 Å². The van der Waals surface area contributed by atoms with Gasteiger partial charge in [-0.2, -0.15) is 4.37 Å². The summed E-state index contributed by atoms with van der Waals surface area (Å²) >= 11 is 1.41. The third-order valence-electron chi connectivity index (χ3n) is 6.02. The zero-order valence-corrected chi connectivity index (χ0v) is 22.5. The minimum atomic E-state index is -0.608. The first kappa shape index (κ1) is 27.2. The van der Waals surface area contributed by atoms with E-state index in [0.29, 0.717) is 18.7 Å². The molecule has 3 aromatic rings. The number of likely N-dealkylation sites (N-methyl/N-ethyl adjacent to an activating group) is 1. The summed E-state index contributed by atoms with van der Waals surface area (Å²) in [5, 5.41) is 9.98. The van der Waals surface area contributed by atoms with E-state index in [1.165, 1.54) is 11.5 Å². The van der Waals surface area contributed by atoms with Crippen LogP contribution in [0.4, 0.5) is 5.00 Å². The molecule has 0 radical (unpaired) electrons. The number of hydrogen-bond donors (Lipinski definition) is 3. The molecule has 36 heavy (non-hydrogen) atoms. The molecule has 1 aromatic heterocycles. The third-order valence-corrected chi connectivity index (χ3v) is 6.86. The Balaban J connectivity index is 1.94. The van der Waals surface area contributed by atoms with Crippen LogP contribution in [0.1, 0.15) is 55.2 Å². The lowest BCUT2D eigenvalue weighted by Crippen LogP contribution is -2.49. The number of hydrogen-bond acceptors (Lipinski definition) is 6. The van der Waals surface area contributed by atoms with E-state index >= 15 is 0 Å². The first-order valence-corrected chi connectivity index (χ1v) is 13.2. The average molecular weight is 509 g/mol. The lowest BCUT2D eigenvalue weighted by molar-refractivity contribution is -0.123. The van der Waals surface area contributed by atoms with Crippen LogP contribution in [0.25, 0.3) is 11.1 Å². The Morgan fingerprint density at radius 1 is 1.08 bits per heavy atom. The molecular weight excluding hydrogens is 472 g/mol. The van der Waals surface area contributed by atoms with E-state index in [9.17, 15) is 9.59 Å². The number of carbonyl (C=O) groups excluding carboxylic acids is 2. The molecule has 2 aromatic carbocycles. The van der Waals surface area contributed by atoms with Crippen molar-refractivity contribution in [2.24, 2.45) is 5.92 Å². The molecular formula is C28H36N4O3S. The molecule has 0 saturated carbocycles. The van der Waals surface area contributed by atoms with E-state index in [2.05, 4.69) is 33.3 Å². The van der Waals surface area contributed by atoms with Crippen molar-refractivity contribution in [1.29, 1.82) is 0 Å². The quantitative estimate of drug-likeness (QED) is 0.304. The molecule has 2 amide bonds. The maximum absolute atomic E-state index is 13.4. The summed E-state index contributed by atoms with van der Waals surface area (Å²) in [5.74, 6) is 0.316. The minimum Gasteiger partial charge on any atom is -0.494 e. The van der Waals surface area contributed by atoms with Gasteiger partial charge in [-0.05, 0) is 83.9 Å². The Bertz CT molecular complexity index is 1180. The van der Waals surface area contributed by atoms with Gasteiger partial charge in [0.15, 0.2) is 0 Å². The highest BCUT2D eigenvalue weighted by atomic mass is 32.1. The number of aryl methyl sites for hydroxylation is 1. The molecule has 2 atom stereocenters. The molecule has 3 rings (SSSR count). The Morgan fingerprint density at radius 2 is 1.89 bits per heavy atom. The van der Waals surface area contributed by atoms with E-state index in [4.69, 9.17) is 4.74 Å². The molecule has 8 heteroatoms. The standard InChI is InChI=1S/C28H36N4O3S/c1-6-11-35-24-10-8-9-21(16-24)22-13-20(17-30-25-12-19(4)32-36-25)14-23(15-22)27(33)31-26(18(3)7-2)28(34)29-5/h8-10,12-16,18,26,30H,6-7,11,17H2,1-5H3,(H,29,34)(H,31,33)/t18-,26-/m0/s1. The van der Waals surface area contributed by atoms with Crippen LogP contribution in [0.5, 0.6) is 5.75 Å². The van der Waals surface area contributed by atoms with Crippen molar-refractivity contribution in [2.75, 3.05) is 19.0 Å². The van der Waals surface area contributed by atoms with Gasteiger partial charge < -0.3 is 20.7 Å². The zero-order valence-electron chi connectivity index (χ0n) is 21.7. The highest BCUT2D eigenvalue weighted by molar-refractivity contribution is 7.10.